The molecule has 2 N–H and O–H groups in total. The maximum Gasteiger partial charge on any atom is 0.329 e. The van der Waals surface area contributed by atoms with Crippen LogP contribution in [0.4, 0.5) is 10.5 Å². The highest BCUT2D eigenvalue weighted by molar-refractivity contribution is 9.10. The first-order chi connectivity index (χ1) is 9.81. The summed E-state index contributed by atoms with van der Waals surface area (Å²) < 4.78 is 6.20. The van der Waals surface area contributed by atoms with Crippen molar-refractivity contribution in [3.05, 3.63) is 28.2 Å². The molecule has 0 unspecified atom stereocenters. The zero-order chi connectivity index (χ0) is 15.6. The average molecular weight is 357 g/mol. The number of nitrogens with one attached hydrogen (secondary N) is 1. The zero-order valence-electron chi connectivity index (χ0n) is 11.9. The molecule has 0 radical (unpaired) electrons. The summed E-state index contributed by atoms with van der Waals surface area (Å²) in [6, 6.07) is 5.37. The number of likely N-dealkylation sites (tertiary alicyclic amines) is 1. The van der Waals surface area contributed by atoms with E-state index < -0.39 is 11.6 Å². The molecule has 0 atom stereocenters. The van der Waals surface area contributed by atoms with Gasteiger partial charge < -0.3 is 20.1 Å². The average Bonchev–Trinajstić information content (AvgIpc) is 2.38. The maximum absolute atomic E-state index is 12.1. The summed E-state index contributed by atoms with van der Waals surface area (Å²) in [7, 11) is 0. The molecule has 0 bridgehead atoms. The number of aliphatic carboxylic acids is 1. The fourth-order valence-corrected chi connectivity index (χ4v) is 2.54. The molecule has 0 spiro atoms. The van der Waals surface area contributed by atoms with Gasteiger partial charge in [-0.1, -0.05) is 22.0 Å². The van der Waals surface area contributed by atoms with E-state index in [2.05, 4.69) is 21.2 Å². The molecule has 0 aliphatic carbocycles. The summed E-state index contributed by atoms with van der Waals surface area (Å²) in [5.41, 5.74) is 1.12. The summed E-state index contributed by atoms with van der Waals surface area (Å²) in [4.78, 5) is 24.2. The van der Waals surface area contributed by atoms with E-state index in [9.17, 15) is 9.59 Å². The van der Waals surface area contributed by atoms with Crippen molar-refractivity contribution < 1.29 is 19.4 Å². The minimum absolute atomic E-state index is 0.215. The van der Waals surface area contributed by atoms with Crippen LogP contribution in [-0.4, -0.2) is 47.3 Å². The minimum Gasteiger partial charge on any atom is -0.480 e. The third-order valence-corrected chi connectivity index (χ3v) is 4.25. The smallest absolute Gasteiger partial charge is 0.329 e. The molecule has 6 nitrogen and oxygen atoms in total. The fourth-order valence-electron chi connectivity index (χ4n) is 2.17. The predicted molar refractivity (Wildman–Crippen MR) is 81.5 cm³/mol. The van der Waals surface area contributed by atoms with E-state index >= 15 is 0 Å². The third kappa shape index (κ3) is 3.74. The van der Waals surface area contributed by atoms with Crippen LogP contribution >= 0.6 is 15.9 Å². The first kappa shape index (κ1) is 15.8. The minimum atomic E-state index is -1.01. The van der Waals surface area contributed by atoms with Gasteiger partial charge in [0.25, 0.3) is 0 Å². The molecule has 7 heteroatoms. The van der Waals surface area contributed by atoms with Gasteiger partial charge in [-0.25, -0.2) is 9.59 Å². The first-order valence-corrected chi connectivity index (χ1v) is 7.27. The summed E-state index contributed by atoms with van der Waals surface area (Å²) in [6.45, 7) is 4.11. The Bertz CT molecular complexity index is 570. The molecule has 1 aromatic carbocycles. The number of benzene rings is 1. The van der Waals surface area contributed by atoms with Crippen LogP contribution in [-0.2, 0) is 9.53 Å². The molecule has 1 fully saturated rings. The van der Waals surface area contributed by atoms with Gasteiger partial charge in [-0.05, 0) is 31.5 Å². The second-order valence-electron chi connectivity index (χ2n) is 5.33. The van der Waals surface area contributed by atoms with E-state index in [4.69, 9.17) is 9.84 Å². The molecular formula is C14H17BrN2O4. The van der Waals surface area contributed by atoms with Gasteiger partial charge in [0.1, 0.15) is 12.2 Å². The van der Waals surface area contributed by atoms with Crippen molar-refractivity contribution in [3.63, 3.8) is 0 Å². The van der Waals surface area contributed by atoms with Crippen molar-refractivity contribution >= 4 is 33.6 Å². The Morgan fingerprint density at radius 1 is 1.48 bits per heavy atom. The highest BCUT2D eigenvalue weighted by atomic mass is 79.9. The normalized spacial score (nSPS) is 16.2. The van der Waals surface area contributed by atoms with Crippen LogP contribution in [0.5, 0.6) is 0 Å². The van der Waals surface area contributed by atoms with Crippen LogP contribution in [0.1, 0.15) is 12.5 Å². The molecular weight excluding hydrogens is 340 g/mol. The third-order valence-electron chi connectivity index (χ3n) is 3.39. The largest absolute Gasteiger partial charge is 0.480 e. The quantitative estimate of drug-likeness (QED) is 0.868. The number of amides is 2. The predicted octanol–water partition coefficient (Wildman–Crippen LogP) is 2.46. The lowest BCUT2D eigenvalue weighted by Crippen LogP contribution is -2.64. The van der Waals surface area contributed by atoms with Gasteiger partial charge in [-0.3, -0.25) is 0 Å². The van der Waals surface area contributed by atoms with Gasteiger partial charge in [0.2, 0.25) is 0 Å². The van der Waals surface area contributed by atoms with Crippen LogP contribution in [0.25, 0.3) is 0 Å². The Morgan fingerprint density at radius 3 is 2.76 bits per heavy atom. The van der Waals surface area contributed by atoms with E-state index in [0.29, 0.717) is 13.1 Å². The lowest BCUT2D eigenvalue weighted by molar-refractivity contribution is -0.159. The maximum atomic E-state index is 12.1. The van der Waals surface area contributed by atoms with E-state index in [1.165, 1.54) is 0 Å². The van der Waals surface area contributed by atoms with Gasteiger partial charge in [0.05, 0.1) is 13.1 Å². The van der Waals surface area contributed by atoms with Crippen molar-refractivity contribution in [1.29, 1.82) is 0 Å². The molecule has 0 saturated carbocycles. The number of rotatable bonds is 4. The van der Waals surface area contributed by atoms with Crippen molar-refractivity contribution in [1.82, 2.24) is 4.90 Å². The van der Waals surface area contributed by atoms with Gasteiger partial charge in [-0.15, -0.1) is 0 Å². The van der Waals surface area contributed by atoms with Gasteiger partial charge >= 0.3 is 12.0 Å². The molecule has 2 rings (SSSR count). The summed E-state index contributed by atoms with van der Waals surface area (Å²) in [6.07, 6.45) is 0. The molecule has 1 heterocycles. The number of carbonyl (C=O) groups excluding carboxylic acids is 1. The summed E-state index contributed by atoms with van der Waals surface area (Å²) in [5.74, 6) is -1.01. The van der Waals surface area contributed by atoms with Crippen molar-refractivity contribution in [2.45, 2.75) is 19.4 Å². The summed E-state index contributed by atoms with van der Waals surface area (Å²) in [5, 5.41) is 11.4. The second-order valence-corrected chi connectivity index (χ2v) is 6.19. The number of halogens is 1. The Morgan fingerprint density at radius 2 is 2.14 bits per heavy atom. The van der Waals surface area contributed by atoms with E-state index in [1.807, 2.05) is 25.1 Å². The van der Waals surface area contributed by atoms with Gasteiger partial charge in [0, 0.05) is 10.2 Å². The monoisotopic (exact) mass is 356 g/mol. The second kappa shape index (κ2) is 6.03. The number of anilines is 1. The lowest BCUT2D eigenvalue weighted by atomic mass is 9.97. The number of hydrogen-bond donors (Lipinski definition) is 2. The van der Waals surface area contributed by atoms with Gasteiger partial charge in [-0.2, -0.15) is 0 Å². The molecule has 0 aromatic heterocycles. The van der Waals surface area contributed by atoms with Crippen molar-refractivity contribution in [2.24, 2.45) is 0 Å². The van der Waals surface area contributed by atoms with Crippen LogP contribution in [0, 0.1) is 6.92 Å². The highest BCUT2D eigenvalue weighted by Crippen LogP contribution is 2.27. The van der Waals surface area contributed by atoms with E-state index in [-0.39, 0.29) is 12.6 Å². The molecule has 21 heavy (non-hydrogen) atoms. The number of urea groups is 1. The Labute approximate surface area is 131 Å². The molecule has 1 aromatic rings. The van der Waals surface area contributed by atoms with E-state index in [1.54, 1.807) is 11.8 Å². The number of carboxylic acids is 1. The van der Waals surface area contributed by atoms with E-state index in [0.717, 1.165) is 15.7 Å². The lowest BCUT2D eigenvalue weighted by Gasteiger charge is -2.47. The van der Waals surface area contributed by atoms with Gasteiger partial charge in [0.15, 0.2) is 0 Å². The Hall–Kier alpha value is -1.60. The Balaban J connectivity index is 1.89. The zero-order valence-corrected chi connectivity index (χ0v) is 13.4. The van der Waals surface area contributed by atoms with Crippen LogP contribution < -0.4 is 5.32 Å². The number of carboxylic acid groups (broad SMARTS) is 1. The first-order valence-electron chi connectivity index (χ1n) is 6.47. The highest BCUT2D eigenvalue weighted by Gasteiger charge is 2.42. The number of nitrogens with zero attached hydrogens (tertiary/aromatic N) is 1. The van der Waals surface area contributed by atoms with Crippen molar-refractivity contribution in [2.75, 3.05) is 25.0 Å². The van der Waals surface area contributed by atoms with Crippen LogP contribution in [0.15, 0.2) is 22.7 Å². The number of ether oxygens (including phenoxy) is 1. The Kier molecular flexibility index (Phi) is 4.53. The van der Waals surface area contributed by atoms with Crippen LogP contribution in [0.2, 0.25) is 0 Å². The van der Waals surface area contributed by atoms with Crippen molar-refractivity contribution in [3.8, 4) is 0 Å². The molecule has 1 aliphatic rings. The number of hydrogen-bond acceptors (Lipinski definition) is 3. The topological polar surface area (TPSA) is 78.9 Å². The standard InChI is InChI=1S/C14H17BrN2O4/c1-9-10(15)4-3-5-11(9)16-13(20)17-7-14(2,8-17)21-6-12(18)19/h3-5H,6-8H2,1-2H3,(H,16,20)(H,18,19). The van der Waals surface area contributed by atoms with Crippen LogP contribution in [0.3, 0.4) is 0 Å². The molecule has 2 amide bonds. The SMILES string of the molecule is Cc1c(Br)cccc1NC(=O)N1CC(C)(OCC(=O)O)C1. The molecule has 114 valence electrons. The summed E-state index contributed by atoms with van der Waals surface area (Å²) >= 11 is 3.42. The number of carbonyl (C=O) groups is 2. The molecule has 1 saturated heterocycles. The fraction of sp³-hybridized carbons (Fsp3) is 0.429. The molecule has 1 aliphatic heterocycles.